The van der Waals surface area contributed by atoms with Gasteiger partial charge in [0.2, 0.25) is 0 Å². The molecule has 0 atom stereocenters. The number of aromatic nitrogens is 3. The molecule has 0 saturated carbocycles. The van der Waals surface area contributed by atoms with E-state index in [-0.39, 0.29) is 0 Å². The lowest BCUT2D eigenvalue weighted by atomic mass is 10.1. The molecule has 2 aromatic heterocycles. The molecule has 42 heavy (non-hydrogen) atoms. The van der Waals surface area contributed by atoms with E-state index in [1.807, 2.05) is 35.0 Å². The summed E-state index contributed by atoms with van der Waals surface area (Å²) in [7, 11) is 2.09. The minimum Gasteiger partial charge on any atom is -0.444 e. The van der Waals surface area contributed by atoms with Crippen molar-refractivity contribution in [3.8, 4) is 11.3 Å². The van der Waals surface area contributed by atoms with Gasteiger partial charge in [0.25, 0.3) is 0 Å². The monoisotopic (exact) mass is 569 g/mol. The van der Waals surface area contributed by atoms with Gasteiger partial charge in [0.1, 0.15) is 11.9 Å². The van der Waals surface area contributed by atoms with E-state index in [9.17, 15) is 9.59 Å². The van der Waals surface area contributed by atoms with Crippen LogP contribution in [0.15, 0.2) is 61.1 Å². The molecule has 0 fully saturated rings. The molecule has 0 spiro atoms. The number of hydrogen-bond acceptors (Lipinski definition) is 8. The Kier molecular flexibility index (Phi) is 9.90. The van der Waals surface area contributed by atoms with Crippen LogP contribution in [0, 0.1) is 5.41 Å². The summed E-state index contributed by atoms with van der Waals surface area (Å²) in [4.78, 5) is 34.5. The molecule has 1 amide bonds. The van der Waals surface area contributed by atoms with Crippen LogP contribution in [0.2, 0.25) is 0 Å². The van der Waals surface area contributed by atoms with Gasteiger partial charge in [0.05, 0.1) is 11.4 Å². The third-order valence-electron chi connectivity index (χ3n) is 6.65. The zero-order chi connectivity index (χ0) is 30.1. The largest absolute Gasteiger partial charge is 0.444 e. The van der Waals surface area contributed by atoms with Crippen LogP contribution >= 0.6 is 0 Å². The number of benzene rings is 2. The SMILES string of the molecule is CN(CCCCCCC=O)c1ccc(Nc2nc(-c3ccc(C=N)c(NC(=O)OC(C)(C)C)c3)cn3ccnc23)cc1. The minimum atomic E-state index is -0.646. The van der Waals surface area contributed by atoms with Gasteiger partial charge in [-0.15, -0.1) is 0 Å². The first kappa shape index (κ1) is 30.2. The second-order valence-corrected chi connectivity index (χ2v) is 11.2. The Morgan fingerprint density at radius 3 is 2.57 bits per heavy atom. The van der Waals surface area contributed by atoms with Crippen LogP contribution in [-0.4, -0.2) is 52.2 Å². The lowest BCUT2D eigenvalue weighted by Gasteiger charge is -2.20. The maximum Gasteiger partial charge on any atom is 0.412 e. The molecule has 0 radical (unpaired) electrons. The molecule has 0 saturated heterocycles. The van der Waals surface area contributed by atoms with Crippen molar-refractivity contribution in [2.24, 2.45) is 0 Å². The molecule has 0 unspecified atom stereocenters. The van der Waals surface area contributed by atoms with Gasteiger partial charge in [-0.25, -0.2) is 14.8 Å². The number of aldehydes is 1. The van der Waals surface area contributed by atoms with Crippen molar-refractivity contribution in [2.75, 3.05) is 29.1 Å². The number of nitrogens with zero attached hydrogens (tertiary/aromatic N) is 4. The number of hydrogen-bond donors (Lipinski definition) is 3. The van der Waals surface area contributed by atoms with E-state index in [2.05, 4.69) is 39.7 Å². The molecule has 0 bridgehead atoms. The van der Waals surface area contributed by atoms with Gasteiger partial charge >= 0.3 is 6.09 Å². The number of amides is 1. The molecule has 4 rings (SSSR count). The second-order valence-electron chi connectivity index (χ2n) is 11.2. The molecule has 0 aliphatic carbocycles. The topological polar surface area (TPSA) is 125 Å². The quantitative estimate of drug-likeness (QED) is 0.0893. The lowest BCUT2D eigenvalue weighted by molar-refractivity contribution is -0.107. The van der Waals surface area contributed by atoms with E-state index < -0.39 is 11.7 Å². The molecule has 0 aliphatic rings. The molecule has 0 aliphatic heterocycles. The standard InChI is InChI=1S/C32H39N7O3/c1-32(2,3)42-31(41)37-27-20-23(10-11-24(27)21-33)28-22-39-18-16-34-30(39)29(36-28)35-25-12-14-26(15-13-25)38(4)17-8-6-5-7-9-19-40/h10-16,18-22,33H,5-9,17H2,1-4H3,(H,35,36)(H,37,41). The highest BCUT2D eigenvalue weighted by Crippen LogP contribution is 2.29. The summed E-state index contributed by atoms with van der Waals surface area (Å²) in [6.45, 7) is 6.35. The average Bonchev–Trinajstić information content (AvgIpc) is 3.43. The third-order valence-corrected chi connectivity index (χ3v) is 6.65. The highest BCUT2D eigenvalue weighted by atomic mass is 16.6. The summed E-state index contributed by atoms with van der Waals surface area (Å²) in [5.74, 6) is 0.590. The van der Waals surface area contributed by atoms with Gasteiger partial charge in [-0.2, -0.15) is 0 Å². The lowest BCUT2D eigenvalue weighted by Crippen LogP contribution is -2.27. The summed E-state index contributed by atoms with van der Waals surface area (Å²) in [6, 6.07) is 13.6. The number of fused-ring (bicyclic) bond motifs is 1. The Hall–Kier alpha value is -4.73. The van der Waals surface area contributed by atoms with Crippen LogP contribution in [0.5, 0.6) is 0 Å². The predicted molar refractivity (Wildman–Crippen MR) is 168 cm³/mol. The highest BCUT2D eigenvalue weighted by Gasteiger charge is 2.18. The van der Waals surface area contributed by atoms with Crippen LogP contribution < -0.4 is 15.5 Å². The smallest absolute Gasteiger partial charge is 0.412 e. The molecule has 2 heterocycles. The van der Waals surface area contributed by atoms with Crippen LogP contribution in [0.1, 0.15) is 58.4 Å². The van der Waals surface area contributed by atoms with Gasteiger partial charge in [0.15, 0.2) is 11.5 Å². The number of carbonyl (C=O) groups excluding carboxylic acids is 2. The average molecular weight is 570 g/mol. The molecule has 3 N–H and O–H groups in total. The fourth-order valence-corrected chi connectivity index (χ4v) is 4.51. The molecule has 10 heteroatoms. The molecule has 10 nitrogen and oxygen atoms in total. The number of imidazole rings is 1. The zero-order valence-electron chi connectivity index (χ0n) is 24.7. The van der Waals surface area contributed by atoms with Crippen molar-refractivity contribution in [2.45, 2.75) is 58.5 Å². The Bertz CT molecular complexity index is 1520. The van der Waals surface area contributed by atoms with Crippen molar-refractivity contribution >= 4 is 47.1 Å². The molecule has 4 aromatic rings. The van der Waals surface area contributed by atoms with E-state index in [0.29, 0.717) is 34.8 Å². The Morgan fingerprint density at radius 2 is 1.86 bits per heavy atom. The van der Waals surface area contributed by atoms with Crippen LogP contribution in [0.25, 0.3) is 16.9 Å². The normalized spacial score (nSPS) is 11.2. The number of rotatable bonds is 13. The van der Waals surface area contributed by atoms with Gasteiger partial charge in [0, 0.05) is 67.3 Å². The van der Waals surface area contributed by atoms with Crippen LogP contribution in [0.3, 0.4) is 0 Å². The molecular weight excluding hydrogens is 530 g/mol. The number of nitrogens with one attached hydrogen (secondary N) is 3. The summed E-state index contributed by atoms with van der Waals surface area (Å²) >= 11 is 0. The molecule has 2 aromatic carbocycles. The summed E-state index contributed by atoms with van der Waals surface area (Å²) in [5, 5.41) is 13.9. The van der Waals surface area contributed by atoms with Crippen molar-refractivity contribution < 1.29 is 14.3 Å². The van der Waals surface area contributed by atoms with Gasteiger partial charge in [-0.05, 0) is 63.9 Å². The highest BCUT2D eigenvalue weighted by molar-refractivity contribution is 5.95. The van der Waals surface area contributed by atoms with E-state index >= 15 is 0 Å². The minimum absolute atomic E-state index is 0.458. The molecular formula is C32H39N7O3. The van der Waals surface area contributed by atoms with Gasteiger partial charge in [-0.3, -0.25) is 5.32 Å². The number of unbranched alkanes of at least 4 members (excludes halogenated alkanes) is 4. The number of carbonyl (C=O) groups is 2. The first-order valence-corrected chi connectivity index (χ1v) is 14.2. The Balaban J connectivity index is 1.51. The summed E-state index contributed by atoms with van der Waals surface area (Å²) in [5.41, 5.74) is 4.46. The third kappa shape index (κ3) is 8.15. The van der Waals surface area contributed by atoms with E-state index in [0.717, 1.165) is 55.5 Å². The van der Waals surface area contributed by atoms with E-state index in [1.165, 1.54) is 6.21 Å². The van der Waals surface area contributed by atoms with Crippen LogP contribution in [-0.2, 0) is 9.53 Å². The van der Waals surface area contributed by atoms with Crippen molar-refractivity contribution in [1.29, 1.82) is 5.41 Å². The summed E-state index contributed by atoms with van der Waals surface area (Å²) < 4.78 is 7.30. The number of anilines is 4. The maximum absolute atomic E-state index is 12.4. The van der Waals surface area contributed by atoms with Crippen molar-refractivity contribution in [3.63, 3.8) is 0 Å². The number of ether oxygens (including phenoxy) is 1. The van der Waals surface area contributed by atoms with Crippen molar-refractivity contribution in [3.05, 3.63) is 66.6 Å². The van der Waals surface area contributed by atoms with Crippen molar-refractivity contribution in [1.82, 2.24) is 14.4 Å². The van der Waals surface area contributed by atoms with Crippen LogP contribution in [0.4, 0.5) is 27.7 Å². The molecule has 220 valence electrons. The Labute approximate surface area is 246 Å². The fraction of sp³-hybridized carbons (Fsp3) is 0.344. The van der Waals surface area contributed by atoms with E-state index in [1.54, 1.807) is 39.1 Å². The zero-order valence-corrected chi connectivity index (χ0v) is 24.7. The Morgan fingerprint density at radius 1 is 1.10 bits per heavy atom. The predicted octanol–water partition coefficient (Wildman–Crippen LogP) is 7.07. The second kappa shape index (κ2) is 13.8. The fourth-order valence-electron chi connectivity index (χ4n) is 4.51. The first-order chi connectivity index (χ1) is 20.2. The van der Waals surface area contributed by atoms with Gasteiger partial charge in [-0.1, -0.05) is 25.0 Å². The summed E-state index contributed by atoms with van der Waals surface area (Å²) in [6.07, 6.45) is 11.9. The maximum atomic E-state index is 12.4. The van der Waals surface area contributed by atoms with Gasteiger partial charge < -0.3 is 29.6 Å². The first-order valence-electron chi connectivity index (χ1n) is 14.2. The van der Waals surface area contributed by atoms with E-state index in [4.69, 9.17) is 15.1 Å².